The number of pyridine rings is 1. The number of aryl methyl sites for hydroxylation is 3. The van der Waals surface area contributed by atoms with Crippen molar-refractivity contribution in [3.63, 3.8) is 0 Å². The molecular weight excluding hydrogens is 370 g/mol. The molecule has 0 aliphatic rings. The SMILES string of the molecule is CC.Cc1ccc(-c2cc(C(=O)NCc3ccccc3C)c3ccn(C)c3c2)cn1. The molecule has 1 amide bonds. The highest BCUT2D eigenvalue weighted by molar-refractivity contribution is 6.08. The van der Waals surface area contributed by atoms with Gasteiger partial charge in [-0.3, -0.25) is 9.78 Å². The minimum atomic E-state index is -0.0682. The van der Waals surface area contributed by atoms with Crippen LogP contribution in [0.25, 0.3) is 22.0 Å². The minimum absolute atomic E-state index is 0.0682. The summed E-state index contributed by atoms with van der Waals surface area (Å²) in [6.45, 7) is 8.53. The van der Waals surface area contributed by atoms with Gasteiger partial charge in [-0.25, -0.2) is 0 Å². The van der Waals surface area contributed by atoms with Crippen LogP contribution in [0.4, 0.5) is 0 Å². The molecule has 0 fully saturated rings. The lowest BCUT2D eigenvalue weighted by Gasteiger charge is -2.11. The quantitative estimate of drug-likeness (QED) is 0.470. The molecule has 0 unspecified atom stereocenters. The van der Waals surface area contributed by atoms with Crippen LogP contribution in [0.3, 0.4) is 0 Å². The summed E-state index contributed by atoms with van der Waals surface area (Å²) in [4.78, 5) is 17.5. The van der Waals surface area contributed by atoms with Crippen molar-refractivity contribution in [2.45, 2.75) is 34.2 Å². The number of nitrogens with zero attached hydrogens (tertiary/aromatic N) is 2. The molecule has 0 saturated heterocycles. The zero-order valence-corrected chi connectivity index (χ0v) is 18.4. The molecule has 0 saturated carbocycles. The monoisotopic (exact) mass is 399 g/mol. The number of hydrogen-bond donors (Lipinski definition) is 1. The lowest BCUT2D eigenvalue weighted by atomic mass is 10.0. The van der Waals surface area contributed by atoms with Gasteiger partial charge in [-0.15, -0.1) is 0 Å². The molecule has 0 spiro atoms. The van der Waals surface area contributed by atoms with Crippen molar-refractivity contribution >= 4 is 16.8 Å². The average Bonchev–Trinajstić information content (AvgIpc) is 3.15. The summed E-state index contributed by atoms with van der Waals surface area (Å²) in [5.74, 6) is -0.0682. The molecule has 2 aromatic carbocycles. The average molecular weight is 400 g/mol. The van der Waals surface area contributed by atoms with Crippen molar-refractivity contribution in [1.29, 1.82) is 0 Å². The van der Waals surface area contributed by atoms with Gasteiger partial charge in [-0.2, -0.15) is 0 Å². The highest BCUT2D eigenvalue weighted by Gasteiger charge is 2.15. The predicted octanol–water partition coefficient (Wildman–Crippen LogP) is 5.81. The van der Waals surface area contributed by atoms with Gasteiger partial charge in [0.15, 0.2) is 0 Å². The van der Waals surface area contributed by atoms with Gasteiger partial charge in [0.05, 0.1) is 0 Å². The fraction of sp³-hybridized carbons (Fsp3) is 0.231. The van der Waals surface area contributed by atoms with Crippen molar-refractivity contribution in [1.82, 2.24) is 14.9 Å². The molecule has 0 atom stereocenters. The molecule has 0 aliphatic heterocycles. The third-order valence-corrected chi connectivity index (χ3v) is 5.19. The van der Waals surface area contributed by atoms with Crippen LogP contribution < -0.4 is 5.32 Å². The first-order valence-electron chi connectivity index (χ1n) is 10.4. The maximum Gasteiger partial charge on any atom is 0.252 e. The van der Waals surface area contributed by atoms with E-state index in [9.17, 15) is 4.79 Å². The summed E-state index contributed by atoms with van der Waals surface area (Å²) in [7, 11) is 1.99. The molecule has 1 N–H and O–H groups in total. The summed E-state index contributed by atoms with van der Waals surface area (Å²) < 4.78 is 2.04. The van der Waals surface area contributed by atoms with Crippen LogP contribution in [0.15, 0.2) is 67.0 Å². The molecule has 0 aliphatic carbocycles. The second-order valence-corrected chi connectivity index (χ2v) is 7.18. The third-order valence-electron chi connectivity index (χ3n) is 5.19. The fourth-order valence-corrected chi connectivity index (χ4v) is 3.44. The number of amides is 1. The van der Waals surface area contributed by atoms with Crippen LogP contribution in [0.2, 0.25) is 0 Å². The molecule has 4 rings (SSSR count). The Balaban J connectivity index is 0.00000124. The van der Waals surface area contributed by atoms with Gasteiger partial charge in [0.25, 0.3) is 5.91 Å². The first-order valence-corrected chi connectivity index (χ1v) is 10.4. The number of aromatic nitrogens is 2. The lowest BCUT2D eigenvalue weighted by Crippen LogP contribution is -2.23. The van der Waals surface area contributed by atoms with E-state index in [1.807, 2.05) is 87.2 Å². The molecule has 0 bridgehead atoms. The van der Waals surface area contributed by atoms with E-state index in [0.717, 1.165) is 33.3 Å². The van der Waals surface area contributed by atoms with E-state index < -0.39 is 0 Å². The number of carbonyl (C=O) groups is 1. The van der Waals surface area contributed by atoms with Gasteiger partial charge >= 0.3 is 0 Å². The van der Waals surface area contributed by atoms with E-state index in [4.69, 9.17) is 0 Å². The minimum Gasteiger partial charge on any atom is -0.351 e. The molecular formula is C26H29N3O. The first-order chi connectivity index (χ1) is 14.5. The van der Waals surface area contributed by atoms with E-state index in [0.29, 0.717) is 12.1 Å². The fourth-order valence-electron chi connectivity index (χ4n) is 3.44. The maximum atomic E-state index is 13.1. The Hall–Kier alpha value is -3.40. The number of fused-ring (bicyclic) bond motifs is 1. The van der Waals surface area contributed by atoms with Gasteiger partial charge in [-0.05, 0) is 54.8 Å². The Kier molecular flexibility index (Phi) is 6.68. The summed E-state index contributed by atoms with van der Waals surface area (Å²) in [6, 6.07) is 18.2. The largest absolute Gasteiger partial charge is 0.351 e. The topological polar surface area (TPSA) is 46.9 Å². The Labute approximate surface area is 178 Å². The zero-order valence-electron chi connectivity index (χ0n) is 18.4. The van der Waals surface area contributed by atoms with E-state index >= 15 is 0 Å². The van der Waals surface area contributed by atoms with Gasteiger partial charge in [-0.1, -0.05) is 44.2 Å². The van der Waals surface area contributed by atoms with Crippen LogP contribution in [-0.4, -0.2) is 15.5 Å². The van der Waals surface area contributed by atoms with E-state index in [2.05, 4.69) is 29.4 Å². The molecule has 154 valence electrons. The van der Waals surface area contributed by atoms with Gasteiger partial charge in [0.1, 0.15) is 0 Å². The highest BCUT2D eigenvalue weighted by atomic mass is 16.1. The first kappa shape index (κ1) is 21.3. The van der Waals surface area contributed by atoms with Crippen molar-refractivity contribution in [2.24, 2.45) is 7.05 Å². The smallest absolute Gasteiger partial charge is 0.252 e. The number of nitrogens with one attached hydrogen (secondary N) is 1. The van der Waals surface area contributed by atoms with Gasteiger partial charge < -0.3 is 9.88 Å². The molecule has 30 heavy (non-hydrogen) atoms. The molecule has 4 nitrogen and oxygen atoms in total. The van der Waals surface area contributed by atoms with Crippen LogP contribution in [-0.2, 0) is 13.6 Å². The molecule has 4 heteroatoms. The second kappa shape index (κ2) is 9.40. The van der Waals surface area contributed by atoms with Gasteiger partial charge in [0, 0.05) is 53.7 Å². The summed E-state index contributed by atoms with van der Waals surface area (Å²) in [5, 5.41) is 4.03. The third kappa shape index (κ3) is 4.43. The van der Waals surface area contributed by atoms with Crippen LogP contribution >= 0.6 is 0 Å². The number of rotatable bonds is 4. The molecule has 2 heterocycles. The summed E-state index contributed by atoms with van der Waals surface area (Å²) in [6.07, 6.45) is 3.84. The Morgan fingerprint density at radius 3 is 2.47 bits per heavy atom. The van der Waals surface area contributed by atoms with Crippen molar-refractivity contribution in [2.75, 3.05) is 0 Å². The Bertz CT molecular complexity index is 1160. The van der Waals surface area contributed by atoms with Crippen LogP contribution in [0.1, 0.15) is 41.0 Å². The maximum absolute atomic E-state index is 13.1. The van der Waals surface area contributed by atoms with Crippen molar-refractivity contribution < 1.29 is 4.79 Å². The second-order valence-electron chi connectivity index (χ2n) is 7.18. The Morgan fingerprint density at radius 2 is 1.77 bits per heavy atom. The van der Waals surface area contributed by atoms with Crippen molar-refractivity contribution in [3.05, 3.63) is 89.4 Å². The number of hydrogen-bond acceptors (Lipinski definition) is 2. The number of carbonyl (C=O) groups excluding carboxylic acids is 1. The molecule has 2 aromatic heterocycles. The van der Waals surface area contributed by atoms with E-state index in [1.165, 1.54) is 5.56 Å². The number of benzene rings is 2. The van der Waals surface area contributed by atoms with Crippen LogP contribution in [0, 0.1) is 13.8 Å². The normalized spacial score (nSPS) is 10.4. The highest BCUT2D eigenvalue weighted by Crippen LogP contribution is 2.28. The zero-order chi connectivity index (χ0) is 21.7. The summed E-state index contributed by atoms with van der Waals surface area (Å²) >= 11 is 0. The van der Waals surface area contributed by atoms with Crippen molar-refractivity contribution in [3.8, 4) is 11.1 Å². The standard InChI is InChI=1S/C24H23N3O.C2H6/c1-16-6-4-5-7-18(16)14-26-24(28)22-12-20(19-9-8-17(2)25-15-19)13-23-21(22)10-11-27(23)3;1-2/h4-13,15H,14H2,1-3H3,(H,26,28);1-2H3. The van der Waals surface area contributed by atoms with Crippen LogP contribution in [0.5, 0.6) is 0 Å². The molecule has 4 aromatic rings. The molecule has 0 radical (unpaired) electrons. The lowest BCUT2D eigenvalue weighted by molar-refractivity contribution is 0.0952. The summed E-state index contributed by atoms with van der Waals surface area (Å²) in [5.41, 5.74) is 6.97. The van der Waals surface area contributed by atoms with E-state index in [1.54, 1.807) is 0 Å². The predicted molar refractivity (Wildman–Crippen MR) is 125 cm³/mol. The van der Waals surface area contributed by atoms with Gasteiger partial charge in [0.2, 0.25) is 0 Å². The van der Waals surface area contributed by atoms with E-state index in [-0.39, 0.29) is 5.91 Å². The Morgan fingerprint density at radius 1 is 1.00 bits per heavy atom.